The quantitative estimate of drug-likeness (QED) is 0.740. The Morgan fingerprint density at radius 1 is 1.43 bits per heavy atom. The molecule has 0 saturated carbocycles. The van der Waals surface area contributed by atoms with Crippen LogP contribution in [0.1, 0.15) is 16.8 Å². The van der Waals surface area contributed by atoms with Crippen LogP contribution in [0.4, 0.5) is 0 Å². The fraction of sp³-hybridized carbons (Fsp3) is 0.357. The first-order valence-electron chi connectivity index (χ1n) is 6.58. The molecule has 0 aromatic heterocycles. The van der Waals surface area contributed by atoms with Crippen molar-refractivity contribution in [1.29, 1.82) is 0 Å². The molecule has 1 aromatic rings. The van der Waals surface area contributed by atoms with E-state index in [0.717, 1.165) is 15.4 Å². The molecule has 1 fully saturated rings. The SMILES string of the molecule is C=CS(=O)(=O)NCC1CCN(C(=O)c2ccc(I)cc2)C1. The summed E-state index contributed by atoms with van der Waals surface area (Å²) in [5.74, 6) is 0.146. The number of hydrogen-bond donors (Lipinski definition) is 1. The maximum Gasteiger partial charge on any atom is 0.253 e. The first-order valence-corrected chi connectivity index (χ1v) is 9.21. The molecule has 1 heterocycles. The molecule has 1 atom stereocenters. The summed E-state index contributed by atoms with van der Waals surface area (Å²) in [7, 11) is -3.39. The molecule has 1 amide bonds. The summed E-state index contributed by atoms with van der Waals surface area (Å²) in [6.45, 7) is 4.82. The Bertz CT molecular complexity index is 628. The molecule has 0 radical (unpaired) electrons. The zero-order valence-corrected chi connectivity index (χ0v) is 14.4. The van der Waals surface area contributed by atoms with Crippen molar-refractivity contribution < 1.29 is 13.2 Å². The van der Waals surface area contributed by atoms with E-state index in [1.807, 2.05) is 24.3 Å². The molecule has 0 bridgehead atoms. The third kappa shape index (κ3) is 4.52. The van der Waals surface area contributed by atoms with Crippen molar-refractivity contribution in [3.63, 3.8) is 0 Å². The Balaban J connectivity index is 1.91. The molecular weight excluding hydrogens is 403 g/mol. The fourth-order valence-electron chi connectivity index (χ4n) is 2.25. The van der Waals surface area contributed by atoms with Crippen LogP contribution in [0, 0.1) is 9.49 Å². The number of hydrogen-bond acceptors (Lipinski definition) is 3. The minimum atomic E-state index is -3.39. The molecule has 21 heavy (non-hydrogen) atoms. The van der Waals surface area contributed by atoms with Crippen molar-refractivity contribution in [3.05, 3.63) is 45.4 Å². The van der Waals surface area contributed by atoms with Gasteiger partial charge in [0.05, 0.1) is 0 Å². The van der Waals surface area contributed by atoms with E-state index in [9.17, 15) is 13.2 Å². The molecule has 0 aliphatic carbocycles. The first-order chi connectivity index (χ1) is 9.91. The van der Waals surface area contributed by atoms with Crippen LogP contribution >= 0.6 is 22.6 Å². The van der Waals surface area contributed by atoms with Crippen molar-refractivity contribution in [2.45, 2.75) is 6.42 Å². The summed E-state index contributed by atoms with van der Waals surface area (Å²) in [6.07, 6.45) is 0.801. The highest BCUT2D eigenvalue weighted by Gasteiger charge is 2.27. The normalized spacial score (nSPS) is 18.7. The maximum absolute atomic E-state index is 12.3. The van der Waals surface area contributed by atoms with E-state index in [1.54, 1.807) is 4.90 Å². The number of likely N-dealkylation sites (tertiary alicyclic amines) is 1. The predicted octanol–water partition coefficient (Wildman–Crippen LogP) is 1.82. The monoisotopic (exact) mass is 420 g/mol. The van der Waals surface area contributed by atoms with E-state index in [1.165, 1.54) is 0 Å². The Labute approximate surface area is 138 Å². The third-order valence-electron chi connectivity index (χ3n) is 3.46. The second-order valence-electron chi connectivity index (χ2n) is 4.97. The van der Waals surface area contributed by atoms with E-state index in [-0.39, 0.29) is 11.8 Å². The summed E-state index contributed by atoms with van der Waals surface area (Å²) < 4.78 is 26.2. The summed E-state index contributed by atoms with van der Waals surface area (Å²) in [4.78, 5) is 14.1. The summed E-state index contributed by atoms with van der Waals surface area (Å²) in [5, 5.41) is 0.899. The van der Waals surface area contributed by atoms with Crippen molar-refractivity contribution in [2.24, 2.45) is 5.92 Å². The summed E-state index contributed by atoms with van der Waals surface area (Å²) >= 11 is 2.20. The van der Waals surface area contributed by atoms with Crippen LogP contribution in [0.3, 0.4) is 0 Å². The van der Waals surface area contributed by atoms with Gasteiger partial charge in [-0.15, -0.1) is 0 Å². The number of amides is 1. The highest BCUT2D eigenvalue weighted by Crippen LogP contribution is 2.19. The van der Waals surface area contributed by atoms with E-state index < -0.39 is 10.0 Å². The van der Waals surface area contributed by atoms with Gasteiger partial charge < -0.3 is 4.90 Å². The van der Waals surface area contributed by atoms with E-state index >= 15 is 0 Å². The molecule has 2 rings (SSSR count). The summed E-state index contributed by atoms with van der Waals surface area (Å²) in [6, 6.07) is 7.44. The van der Waals surface area contributed by atoms with E-state index in [0.29, 0.717) is 25.2 Å². The molecule has 1 aliphatic rings. The molecule has 1 aliphatic heterocycles. The fourth-order valence-corrected chi connectivity index (χ4v) is 3.20. The highest BCUT2D eigenvalue weighted by atomic mass is 127. The van der Waals surface area contributed by atoms with Gasteiger partial charge in [0.15, 0.2) is 0 Å². The maximum atomic E-state index is 12.3. The number of nitrogens with zero attached hydrogens (tertiary/aromatic N) is 1. The molecular formula is C14H17IN2O3S. The van der Waals surface area contributed by atoms with Crippen LogP contribution in [0.15, 0.2) is 36.3 Å². The highest BCUT2D eigenvalue weighted by molar-refractivity contribution is 14.1. The minimum absolute atomic E-state index is 0.000442. The number of benzene rings is 1. The minimum Gasteiger partial charge on any atom is -0.338 e. The number of sulfonamides is 1. The van der Waals surface area contributed by atoms with Gasteiger partial charge in [-0.05, 0) is 59.2 Å². The lowest BCUT2D eigenvalue weighted by Crippen LogP contribution is -2.32. The first kappa shape index (κ1) is 16.4. The number of rotatable bonds is 5. The van der Waals surface area contributed by atoms with Gasteiger partial charge in [-0.25, -0.2) is 13.1 Å². The average Bonchev–Trinajstić information content (AvgIpc) is 2.94. The van der Waals surface area contributed by atoms with Gasteiger partial charge in [-0.2, -0.15) is 0 Å². The zero-order chi connectivity index (χ0) is 15.5. The number of halogens is 1. The van der Waals surface area contributed by atoms with Crippen LogP contribution in [-0.2, 0) is 10.0 Å². The van der Waals surface area contributed by atoms with Crippen LogP contribution < -0.4 is 4.72 Å². The van der Waals surface area contributed by atoms with Crippen LogP contribution in [-0.4, -0.2) is 38.9 Å². The largest absolute Gasteiger partial charge is 0.338 e. The Hall–Kier alpha value is -0.930. The van der Waals surface area contributed by atoms with Gasteiger partial charge in [-0.1, -0.05) is 6.58 Å². The van der Waals surface area contributed by atoms with Gasteiger partial charge in [-0.3, -0.25) is 4.79 Å². The van der Waals surface area contributed by atoms with Gasteiger partial charge in [0, 0.05) is 34.2 Å². The second kappa shape index (κ2) is 6.89. The Morgan fingerprint density at radius 3 is 2.71 bits per heavy atom. The number of nitrogens with one attached hydrogen (secondary N) is 1. The smallest absolute Gasteiger partial charge is 0.253 e. The lowest BCUT2D eigenvalue weighted by atomic mass is 10.1. The topological polar surface area (TPSA) is 66.5 Å². The van der Waals surface area contributed by atoms with Crippen molar-refractivity contribution in [2.75, 3.05) is 19.6 Å². The van der Waals surface area contributed by atoms with Crippen molar-refractivity contribution >= 4 is 38.5 Å². The van der Waals surface area contributed by atoms with Gasteiger partial charge in [0.1, 0.15) is 0 Å². The molecule has 0 spiro atoms. The molecule has 114 valence electrons. The van der Waals surface area contributed by atoms with Gasteiger partial charge >= 0.3 is 0 Å². The molecule has 5 nitrogen and oxygen atoms in total. The summed E-state index contributed by atoms with van der Waals surface area (Å²) in [5.41, 5.74) is 0.669. The lowest BCUT2D eigenvalue weighted by Gasteiger charge is -2.16. The van der Waals surface area contributed by atoms with Gasteiger partial charge in [0.2, 0.25) is 10.0 Å². The molecule has 7 heteroatoms. The van der Waals surface area contributed by atoms with E-state index in [4.69, 9.17) is 0 Å². The number of carbonyl (C=O) groups is 1. The van der Waals surface area contributed by atoms with Crippen molar-refractivity contribution in [1.82, 2.24) is 9.62 Å². The standard InChI is InChI=1S/C14H17IN2O3S/c1-2-21(19,20)16-9-11-7-8-17(10-11)14(18)12-3-5-13(15)6-4-12/h2-6,11,16H,1,7-10H2. The number of carbonyl (C=O) groups excluding carboxylic acids is 1. The Morgan fingerprint density at radius 2 is 2.10 bits per heavy atom. The molecule has 1 unspecified atom stereocenters. The van der Waals surface area contributed by atoms with Crippen LogP contribution in [0.5, 0.6) is 0 Å². The Kier molecular flexibility index (Phi) is 5.39. The zero-order valence-electron chi connectivity index (χ0n) is 11.5. The van der Waals surface area contributed by atoms with Crippen LogP contribution in [0.25, 0.3) is 0 Å². The van der Waals surface area contributed by atoms with E-state index in [2.05, 4.69) is 33.9 Å². The second-order valence-corrected chi connectivity index (χ2v) is 7.93. The lowest BCUT2D eigenvalue weighted by molar-refractivity contribution is 0.0787. The van der Waals surface area contributed by atoms with Crippen molar-refractivity contribution in [3.8, 4) is 0 Å². The third-order valence-corrected chi connectivity index (χ3v) is 5.18. The molecule has 1 aromatic carbocycles. The average molecular weight is 420 g/mol. The molecule has 1 N–H and O–H groups in total. The van der Waals surface area contributed by atoms with Gasteiger partial charge in [0.25, 0.3) is 5.91 Å². The molecule has 1 saturated heterocycles. The van der Waals surface area contributed by atoms with Crippen LogP contribution in [0.2, 0.25) is 0 Å². The predicted molar refractivity (Wildman–Crippen MR) is 90.3 cm³/mol.